The Morgan fingerprint density at radius 3 is 2.37 bits per heavy atom. The number of nitrogens with one attached hydrogen (secondary N) is 1. The highest BCUT2D eigenvalue weighted by Gasteiger charge is 2.52. The lowest BCUT2D eigenvalue weighted by molar-refractivity contribution is -0.200. The molecule has 1 amide bonds. The van der Waals surface area contributed by atoms with Crippen molar-refractivity contribution < 1.29 is 35.9 Å². The minimum Gasteiger partial charge on any atom is -0.457 e. The van der Waals surface area contributed by atoms with Crippen LogP contribution in [0.5, 0.6) is 11.5 Å². The number of carbonyl (C=O) groups excluding carboxylic acids is 1. The standard InChI is InChI=1S/C25H33N3O8S2/c1-37(30,31)28-15-14-25(17-22(28)26,18-23(29)27-36-24-9-5-6-16-34-24)38(32,33)21-12-10-20(11-13-21)35-19-7-3-2-4-8-19/h2-4,7-8,10-13,22,24H,5-6,9,14-18,26H2,1H3,(H,27,29). The summed E-state index contributed by atoms with van der Waals surface area (Å²) >= 11 is 0. The smallest absolute Gasteiger partial charge is 0.245 e. The summed E-state index contributed by atoms with van der Waals surface area (Å²) < 4.78 is 63.0. The third-order valence-electron chi connectivity index (χ3n) is 6.77. The van der Waals surface area contributed by atoms with E-state index in [9.17, 15) is 21.6 Å². The maximum Gasteiger partial charge on any atom is 0.245 e. The monoisotopic (exact) mass is 567 g/mol. The number of rotatable bonds is 9. The van der Waals surface area contributed by atoms with Crippen molar-refractivity contribution in [1.82, 2.24) is 9.79 Å². The number of hydrogen-bond donors (Lipinski definition) is 2. The molecule has 208 valence electrons. The number of nitrogens with two attached hydrogens (primary N) is 1. The van der Waals surface area contributed by atoms with Gasteiger partial charge in [0.25, 0.3) is 0 Å². The Kier molecular flexibility index (Phi) is 8.75. The zero-order valence-electron chi connectivity index (χ0n) is 21.1. The summed E-state index contributed by atoms with van der Waals surface area (Å²) in [6, 6.07) is 14.9. The zero-order chi connectivity index (χ0) is 27.4. The normalized spacial score (nSPS) is 25.0. The van der Waals surface area contributed by atoms with Gasteiger partial charge in [0.2, 0.25) is 15.9 Å². The van der Waals surface area contributed by atoms with Gasteiger partial charge in [0, 0.05) is 26.0 Å². The van der Waals surface area contributed by atoms with E-state index in [0.29, 0.717) is 24.5 Å². The number of ether oxygens (including phenoxy) is 2. The molecule has 3 atom stereocenters. The molecule has 0 bridgehead atoms. The number of hydrogen-bond acceptors (Lipinski definition) is 9. The molecule has 2 aromatic carbocycles. The van der Waals surface area contributed by atoms with Gasteiger partial charge in [0.05, 0.1) is 22.1 Å². The molecule has 2 fully saturated rings. The fourth-order valence-electron chi connectivity index (χ4n) is 4.80. The molecule has 0 spiro atoms. The molecule has 3 N–H and O–H groups in total. The highest BCUT2D eigenvalue weighted by Crippen LogP contribution is 2.41. The number of para-hydroxylation sites is 1. The molecular formula is C25H33N3O8S2. The van der Waals surface area contributed by atoms with Crippen LogP contribution in [0.25, 0.3) is 0 Å². The Balaban J connectivity index is 1.57. The topological polar surface area (TPSA) is 154 Å². The molecule has 2 aromatic rings. The second-order valence-electron chi connectivity index (χ2n) is 9.58. The Bertz CT molecular complexity index is 1310. The minimum absolute atomic E-state index is 0.0257. The number of amides is 1. The first kappa shape index (κ1) is 28.5. The number of sulfone groups is 1. The van der Waals surface area contributed by atoms with Gasteiger partial charge in [-0.15, -0.1) is 0 Å². The molecule has 0 aliphatic carbocycles. The third kappa shape index (κ3) is 6.53. The van der Waals surface area contributed by atoms with Gasteiger partial charge in [-0.2, -0.15) is 4.31 Å². The summed E-state index contributed by atoms with van der Waals surface area (Å²) in [5.41, 5.74) is 8.49. The van der Waals surface area contributed by atoms with Gasteiger partial charge < -0.3 is 15.2 Å². The van der Waals surface area contributed by atoms with Gasteiger partial charge in [0.15, 0.2) is 16.1 Å². The summed E-state index contributed by atoms with van der Waals surface area (Å²) in [5, 5.41) is 0. The van der Waals surface area contributed by atoms with Gasteiger partial charge in [-0.25, -0.2) is 27.2 Å². The molecule has 0 radical (unpaired) electrons. The molecule has 0 saturated carbocycles. The van der Waals surface area contributed by atoms with Crippen molar-refractivity contribution in [3.05, 3.63) is 54.6 Å². The SMILES string of the molecule is CS(=O)(=O)N1CCC(CC(=O)NOC2CCCCO2)(S(=O)(=O)c2ccc(Oc3ccccc3)cc2)CC1N. The second kappa shape index (κ2) is 11.7. The number of piperidine rings is 1. The summed E-state index contributed by atoms with van der Waals surface area (Å²) in [6.45, 7) is 0.368. The Morgan fingerprint density at radius 1 is 1.08 bits per heavy atom. The Hall–Kier alpha value is -2.55. The zero-order valence-corrected chi connectivity index (χ0v) is 22.7. The average Bonchev–Trinajstić information content (AvgIpc) is 2.88. The molecule has 13 heteroatoms. The van der Waals surface area contributed by atoms with Crippen LogP contribution in [0.2, 0.25) is 0 Å². The molecule has 2 heterocycles. The molecule has 2 saturated heterocycles. The minimum atomic E-state index is -4.16. The van der Waals surface area contributed by atoms with E-state index in [1.54, 1.807) is 12.1 Å². The van der Waals surface area contributed by atoms with E-state index in [2.05, 4.69) is 5.48 Å². The Morgan fingerprint density at radius 2 is 1.76 bits per heavy atom. The lowest BCUT2D eigenvalue weighted by Gasteiger charge is -2.43. The number of sulfonamides is 1. The van der Waals surface area contributed by atoms with Crippen molar-refractivity contribution in [2.45, 2.75) is 60.6 Å². The molecule has 3 unspecified atom stereocenters. The largest absolute Gasteiger partial charge is 0.457 e. The van der Waals surface area contributed by atoms with E-state index in [4.69, 9.17) is 20.0 Å². The number of benzene rings is 2. The molecule has 2 aliphatic rings. The first-order valence-corrected chi connectivity index (χ1v) is 15.7. The van der Waals surface area contributed by atoms with Crippen LogP contribution in [-0.2, 0) is 34.2 Å². The van der Waals surface area contributed by atoms with Gasteiger partial charge in [-0.05, 0) is 62.1 Å². The van der Waals surface area contributed by atoms with Crippen molar-refractivity contribution in [2.24, 2.45) is 5.73 Å². The predicted octanol–water partition coefficient (Wildman–Crippen LogP) is 2.30. The lowest BCUT2D eigenvalue weighted by Crippen LogP contribution is -2.59. The van der Waals surface area contributed by atoms with Crippen LogP contribution in [0.3, 0.4) is 0 Å². The first-order chi connectivity index (χ1) is 18.0. The quantitative estimate of drug-likeness (QED) is 0.434. The highest BCUT2D eigenvalue weighted by atomic mass is 32.2. The van der Waals surface area contributed by atoms with Crippen molar-refractivity contribution in [1.29, 1.82) is 0 Å². The van der Waals surface area contributed by atoms with E-state index in [1.807, 2.05) is 18.2 Å². The number of carbonyl (C=O) groups is 1. The second-order valence-corrected chi connectivity index (χ2v) is 13.9. The van der Waals surface area contributed by atoms with E-state index in [1.165, 1.54) is 24.3 Å². The summed E-state index contributed by atoms with van der Waals surface area (Å²) in [7, 11) is -7.83. The fourth-order valence-corrected chi connectivity index (χ4v) is 7.86. The summed E-state index contributed by atoms with van der Waals surface area (Å²) in [6.07, 6.45) is 0.841. The van der Waals surface area contributed by atoms with Crippen molar-refractivity contribution in [3.63, 3.8) is 0 Å². The predicted molar refractivity (Wildman–Crippen MR) is 139 cm³/mol. The van der Waals surface area contributed by atoms with Crippen LogP contribution in [0.1, 0.15) is 38.5 Å². The molecule has 0 aromatic heterocycles. The molecule has 4 rings (SSSR count). The van der Waals surface area contributed by atoms with E-state index in [0.717, 1.165) is 23.4 Å². The fraction of sp³-hybridized carbons (Fsp3) is 0.480. The van der Waals surface area contributed by atoms with Crippen LogP contribution in [0.4, 0.5) is 0 Å². The number of hydroxylamine groups is 1. The highest BCUT2D eigenvalue weighted by molar-refractivity contribution is 7.93. The molecule has 2 aliphatic heterocycles. The Labute approximate surface area is 223 Å². The number of nitrogens with zero attached hydrogens (tertiary/aromatic N) is 1. The third-order valence-corrected chi connectivity index (χ3v) is 10.6. The van der Waals surface area contributed by atoms with E-state index < -0.39 is 49.4 Å². The van der Waals surface area contributed by atoms with Crippen LogP contribution >= 0.6 is 0 Å². The summed E-state index contributed by atoms with van der Waals surface area (Å²) in [4.78, 5) is 18.3. The van der Waals surface area contributed by atoms with Gasteiger partial charge in [0.1, 0.15) is 11.5 Å². The first-order valence-electron chi connectivity index (χ1n) is 12.4. The van der Waals surface area contributed by atoms with Crippen molar-refractivity contribution in [3.8, 4) is 11.5 Å². The molecule has 11 nitrogen and oxygen atoms in total. The van der Waals surface area contributed by atoms with Crippen molar-refractivity contribution in [2.75, 3.05) is 19.4 Å². The molecule has 38 heavy (non-hydrogen) atoms. The van der Waals surface area contributed by atoms with Crippen LogP contribution in [-0.4, -0.2) is 63.7 Å². The van der Waals surface area contributed by atoms with Crippen LogP contribution in [0.15, 0.2) is 59.5 Å². The van der Waals surface area contributed by atoms with E-state index in [-0.39, 0.29) is 24.3 Å². The van der Waals surface area contributed by atoms with E-state index >= 15 is 0 Å². The lowest BCUT2D eigenvalue weighted by atomic mass is 9.91. The van der Waals surface area contributed by atoms with Gasteiger partial charge >= 0.3 is 0 Å². The van der Waals surface area contributed by atoms with Gasteiger partial charge in [-0.3, -0.25) is 4.79 Å². The maximum absolute atomic E-state index is 14.0. The van der Waals surface area contributed by atoms with Crippen LogP contribution in [0, 0.1) is 0 Å². The van der Waals surface area contributed by atoms with Gasteiger partial charge in [-0.1, -0.05) is 18.2 Å². The molecular weight excluding hydrogens is 534 g/mol. The van der Waals surface area contributed by atoms with Crippen LogP contribution < -0.4 is 16.0 Å². The maximum atomic E-state index is 14.0. The average molecular weight is 568 g/mol. The summed E-state index contributed by atoms with van der Waals surface area (Å²) in [5.74, 6) is 0.371. The van der Waals surface area contributed by atoms with Crippen molar-refractivity contribution >= 4 is 25.8 Å².